The third kappa shape index (κ3) is 2.69. The Morgan fingerprint density at radius 1 is 0.955 bits per heavy atom. The Labute approximate surface area is 127 Å². The van der Waals surface area contributed by atoms with Gasteiger partial charge in [-0.3, -0.25) is 14.5 Å². The van der Waals surface area contributed by atoms with Crippen molar-refractivity contribution in [1.82, 2.24) is 4.90 Å². The smallest absolute Gasteiger partial charge is 0.277 e. The minimum Gasteiger partial charge on any atom is -0.506 e. The average molecular weight is 294 g/mol. The summed E-state index contributed by atoms with van der Waals surface area (Å²) < 4.78 is 0. The number of phenolic OH excluding ortho intramolecular Hbond substituents is 1. The molecule has 1 aliphatic rings. The van der Waals surface area contributed by atoms with Gasteiger partial charge in [0.15, 0.2) is 0 Å². The summed E-state index contributed by atoms with van der Waals surface area (Å²) in [6.45, 7) is 0.223. The Bertz CT molecular complexity index is 754. The molecule has 0 fully saturated rings. The zero-order valence-corrected chi connectivity index (χ0v) is 11.7. The molecule has 0 unspecified atom stereocenters. The summed E-state index contributed by atoms with van der Waals surface area (Å²) in [5.41, 5.74) is 1.42. The van der Waals surface area contributed by atoms with E-state index >= 15 is 0 Å². The Hall–Kier alpha value is -3.08. The van der Waals surface area contributed by atoms with Crippen LogP contribution in [0.1, 0.15) is 5.56 Å². The van der Waals surface area contributed by atoms with E-state index in [9.17, 15) is 14.7 Å². The van der Waals surface area contributed by atoms with Crippen LogP contribution in [0.15, 0.2) is 66.4 Å². The van der Waals surface area contributed by atoms with Crippen molar-refractivity contribution in [2.45, 2.75) is 6.54 Å². The molecule has 1 aliphatic heterocycles. The fourth-order valence-corrected chi connectivity index (χ4v) is 2.24. The van der Waals surface area contributed by atoms with Gasteiger partial charge in [-0.2, -0.15) is 0 Å². The summed E-state index contributed by atoms with van der Waals surface area (Å²) in [5, 5.41) is 12.5. The van der Waals surface area contributed by atoms with Gasteiger partial charge in [0.1, 0.15) is 11.4 Å². The molecule has 1 heterocycles. The maximum atomic E-state index is 12.3. The molecule has 2 aromatic carbocycles. The van der Waals surface area contributed by atoms with Crippen LogP contribution in [0.25, 0.3) is 0 Å². The fraction of sp³-hybridized carbons (Fsp3) is 0.0588. The third-order valence-electron chi connectivity index (χ3n) is 3.37. The summed E-state index contributed by atoms with van der Waals surface area (Å²) in [4.78, 5) is 25.5. The molecule has 0 bridgehead atoms. The van der Waals surface area contributed by atoms with Crippen molar-refractivity contribution < 1.29 is 14.7 Å². The topological polar surface area (TPSA) is 69.6 Å². The van der Waals surface area contributed by atoms with Crippen LogP contribution in [0, 0.1) is 0 Å². The lowest BCUT2D eigenvalue weighted by atomic mass is 10.2. The SMILES string of the molecule is O=C1C=C(Nc2ccccc2O)C(=O)N1Cc1ccccc1. The minimum atomic E-state index is -0.405. The second kappa shape index (κ2) is 5.73. The summed E-state index contributed by atoms with van der Waals surface area (Å²) in [6, 6.07) is 15.8. The van der Waals surface area contributed by atoms with Crippen LogP contribution in [-0.2, 0) is 16.1 Å². The molecular formula is C17H14N2O3. The van der Waals surface area contributed by atoms with E-state index in [-0.39, 0.29) is 23.9 Å². The second-order valence-electron chi connectivity index (χ2n) is 4.92. The molecule has 5 heteroatoms. The monoisotopic (exact) mass is 294 g/mol. The lowest BCUT2D eigenvalue weighted by molar-refractivity contribution is -0.137. The maximum absolute atomic E-state index is 12.3. The summed E-state index contributed by atoms with van der Waals surface area (Å²) in [6.07, 6.45) is 1.25. The van der Waals surface area contributed by atoms with Crippen LogP contribution in [-0.4, -0.2) is 21.8 Å². The predicted octanol–water partition coefficient (Wildman–Crippen LogP) is 2.26. The number of hydrogen-bond acceptors (Lipinski definition) is 4. The normalized spacial score (nSPS) is 14.2. The zero-order valence-electron chi connectivity index (χ0n) is 11.7. The van der Waals surface area contributed by atoms with Crippen LogP contribution in [0.4, 0.5) is 5.69 Å². The second-order valence-corrected chi connectivity index (χ2v) is 4.92. The number of amides is 2. The molecule has 110 valence electrons. The molecule has 0 atom stereocenters. The highest BCUT2D eigenvalue weighted by Gasteiger charge is 2.31. The Kier molecular flexibility index (Phi) is 3.62. The van der Waals surface area contributed by atoms with E-state index in [0.717, 1.165) is 10.5 Å². The van der Waals surface area contributed by atoms with E-state index in [4.69, 9.17) is 0 Å². The van der Waals surface area contributed by atoms with Crippen molar-refractivity contribution in [3.63, 3.8) is 0 Å². The first-order chi connectivity index (χ1) is 10.6. The van der Waals surface area contributed by atoms with E-state index in [1.165, 1.54) is 12.1 Å². The van der Waals surface area contributed by atoms with Crippen LogP contribution in [0.2, 0.25) is 0 Å². The number of carbonyl (C=O) groups is 2. The van der Waals surface area contributed by atoms with Crippen molar-refractivity contribution in [2.24, 2.45) is 0 Å². The molecule has 2 amide bonds. The molecule has 0 saturated heterocycles. The molecule has 0 saturated carbocycles. The summed E-state index contributed by atoms with van der Waals surface area (Å²) >= 11 is 0. The van der Waals surface area contributed by atoms with E-state index in [2.05, 4.69) is 5.32 Å². The number of nitrogens with zero attached hydrogens (tertiary/aromatic N) is 1. The van der Waals surface area contributed by atoms with Gasteiger partial charge < -0.3 is 10.4 Å². The first-order valence-corrected chi connectivity index (χ1v) is 6.81. The lowest BCUT2D eigenvalue weighted by Gasteiger charge is -2.15. The standard InChI is InChI=1S/C17H14N2O3/c20-15-9-5-4-8-13(15)18-14-10-16(21)19(17(14)22)11-12-6-2-1-3-7-12/h1-10,18,20H,11H2. The molecule has 0 spiro atoms. The number of imide groups is 1. The fourth-order valence-electron chi connectivity index (χ4n) is 2.24. The summed E-state index contributed by atoms with van der Waals surface area (Å²) in [5.74, 6) is -0.756. The van der Waals surface area contributed by atoms with Crippen molar-refractivity contribution in [3.05, 3.63) is 71.9 Å². The summed E-state index contributed by atoms with van der Waals surface area (Å²) in [7, 11) is 0. The molecule has 22 heavy (non-hydrogen) atoms. The van der Waals surface area contributed by atoms with Crippen molar-refractivity contribution >= 4 is 17.5 Å². The molecule has 2 aromatic rings. The van der Waals surface area contributed by atoms with Gasteiger partial charge in [0.2, 0.25) is 0 Å². The first-order valence-electron chi connectivity index (χ1n) is 6.81. The Morgan fingerprint density at radius 2 is 1.64 bits per heavy atom. The van der Waals surface area contributed by atoms with E-state index < -0.39 is 5.91 Å². The van der Waals surface area contributed by atoms with Crippen molar-refractivity contribution in [2.75, 3.05) is 5.32 Å². The van der Waals surface area contributed by atoms with Crippen molar-refractivity contribution in [1.29, 1.82) is 0 Å². The molecule has 5 nitrogen and oxygen atoms in total. The molecule has 0 radical (unpaired) electrons. The van der Waals surface area contributed by atoms with Gasteiger partial charge in [0.05, 0.1) is 12.2 Å². The largest absolute Gasteiger partial charge is 0.506 e. The zero-order chi connectivity index (χ0) is 15.5. The van der Waals surface area contributed by atoms with Gasteiger partial charge in [0.25, 0.3) is 11.8 Å². The Morgan fingerprint density at radius 3 is 2.36 bits per heavy atom. The number of anilines is 1. The van der Waals surface area contributed by atoms with Gasteiger partial charge >= 0.3 is 0 Å². The quantitative estimate of drug-likeness (QED) is 0.670. The van der Waals surface area contributed by atoms with E-state index in [1.807, 2.05) is 30.3 Å². The van der Waals surface area contributed by atoms with Gasteiger partial charge in [0, 0.05) is 6.08 Å². The lowest BCUT2D eigenvalue weighted by Crippen LogP contribution is -2.31. The molecule has 2 N–H and O–H groups in total. The highest BCUT2D eigenvalue weighted by molar-refractivity contribution is 6.17. The first kappa shape index (κ1) is 13.9. The average Bonchev–Trinajstić information content (AvgIpc) is 2.78. The third-order valence-corrected chi connectivity index (χ3v) is 3.37. The molecule has 0 aromatic heterocycles. The highest BCUT2D eigenvalue weighted by Crippen LogP contribution is 2.25. The Balaban J connectivity index is 1.76. The number of benzene rings is 2. The number of hydrogen-bond donors (Lipinski definition) is 2. The van der Waals surface area contributed by atoms with Gasteiger partial charge in [-0.15, -0.1) is 0 Å². The number of phenols is 1. The predicted molar refractivity (Wildman–Crippen MR) is 81.8 cm³/mol. The number of rotatable bonds is 4. The van der Waals surface area contributed by atoms with Gasteiger partial charge in [-0.1, -0.05) is 42.5 Å². The van der Waals surface area contributed by atoms with E-state index in [0.29, 0.717) is 5.69 Å². The maximum Gasteiger partial charge on any atom is 0.277 e. The molecular weight excluding hydrogens is 280 g/mol. The number of carbonyl (C=O) groups excluding carboxylic acids is 2. The van der Waals surface area contributed by atoms with Gasteiger partial charge in [-0.05, 0) is 17.7 Å². The van der Waals surface area contributed by atoms with Crippen molar-refractivity contribution in [3.8, 4) is 5.75 Å². The van der Waals surface area contributed by atoms with Crippen LogP contribution >= 0.6 is 0 Å². The molecule has 3 rings (SSSR count). The van der Waals surface area contributed by atoms with Crippen LogP contribution < -0.4 is 5.32 Å². The van der Waals surface area contributed by atoms with E-state index in [1.54, 1.807) is 18.2 Å². The van der Waals surface area contributed by atoms with Crippen LogP contribution in [0.5, 0.6) is 5.75 Å². The highest BCUT2D eigenvalue weighted by atomic mass is 16.3. The number of nitrogens with one attached hydrogen (secondary N) is 1. The molecule has 0 aliphatic carbocycles. The van der Waals surface area contributed by atoms with Gasteiger partial charge in [-0.25, -0.2) is 0 Å². The minimum absolute atomic E-state index is 0.0187. The number of aromatic hydroxyl groups is 1. The van der Waals surface area contributed by atoms with Crippen LogP contribution in [0.3, 0.4) is 0 Å². The number of para-hydroxylation sites is 2.